The zero-order valence-corrected chi connectivity index (χ0v) is 8.88. The van der Waals surface area contributed by atoms with Gasteiger partial charge in [-0.05, 0) is 12.1 Å². The van der Waals surface area contributed by atoms with Gasteiger partial charge >= 0.3 is 5.97 Å². The Morgan fingerprint density at radius 1 is 1.47 bits per heavy atom. The second-order valence-electron chi connectivity index (χ2n) is 3.50. The van der Waals surface area contributed by atoms with E-state index in [1.165, 1.54) is 23.9 Å². The SMILES string of the molecule is Cn1ncc(C(=O)O)c1-c1ccc(O)cc1F. The summed E-state index contributed by atoms with van der Waals surface area (Å²) in [6, 6.07) is 3.53. The molecular formula is C11H9FN2O3. The normalized spacial score (nSPS) is 10.5. The van der Waals surface area contributed by atoms with Gasteiger partial charge in [0, 0.05) is 18.7 Å². The summed E-state index contributed by atoms with van der Waals surface area (Å²) >= 11 is 0. The van der Waals surface area contributed by atoms with Crippen LogP contribution in [0.1, 0.15) is 10.4 Å². The summed E-state index contributed by atoms with van der Waals surface area (Å²) in [7, 11) is 1.52. The molecule has 0 aliphatic heterocycles. The molecule has 0 saturated carbocycles. The number of phenols is 1. The van der Waals surface area contributed by atoms with Gasteiger partial charge in [0.05, 0.1) is 11.9 Å². The highest BCUT2D eigenvalue weighted by atomic mass is 19.1. The maximum atomic E-state index is 13.6. The highest BCUT2D eigenvalue weighted by molar-refractivity contribution is 5.94. The Labute approximate surface area is 95.7 Å². The maximum Gasteiger partial charge on any atom is 0.339 e. The van der Waals surface area contributed by atoms with E-state index in [2.05, 4.69) is 5.10 Å². The highest BCUT2D eigenvalue weighted by Gasteiger charge is 2.19. The van der Waals surface area contributed by atoms with E-state index in [4.69, 9.17) is 10.2 Å². The molecule has 0 aliphatic rings. The molecule has 88 valence electrons. The topological polar surface area (TPSA) is 75.4 Å². The lowest BCUT2D eigenvalue weighted by Gasteiger charge is -2.05. The number of aromatic hydroxyl groups is 1. The molecule has 0 radical (unpaired) electrons. The van der Waals surface area contributed by atoms with E-state index in [1.807, 2.05) is 0 Å². The number of phenolic OH excluding ortho intramolecular Hbond substituents is 1. The summed E-state index contributed by atoms with van der Waals surface area (Å²) in [5.74, 6) is -2.10. The lowest BCUT2D eigenvalue weighted by Crippen LogP contribution is -2.02. The molecule has 17 heavy (non-hydrogen) atoms. The van der Waals surface area contributed by atoms with Gasteiger partial charge in [-0.2, -0.15) is 5.10 Å². The Bertz CT molecular complexity index is 592. The highest BCUT2D eigenvalue weighted by Crippen LogP contribution is 2.28. The van der Waals surface area contributed by atoms with E-state index in [-0.39, 0.29) is 22.6 Å². The van der Waals surface area contributed by atoms with Gasteiger partial charge in [0.15, 0.2) is 0 Å². The minimum absolute atomic E-state index is 0.0835. The summed E-state index contributed by atoms with van der Waals surface area (Å²) in [6.07, 6.45) is 1.16. The van der Waals surface area contributed by atoms with Gasteiger partial charge in [-0.1, -0.05) is 0 Å². The smallest absolute Gasteiger partial charge is 0.339 e. The average Bonchev–Trinajstić information content (AvgIpc) is 2.60. The van der Waals surface area contributed by atoms with Crippen molar-refractivity contribution in [3.8, 4) is 17.0 Å². The van der Waals surface area contributed by atoms with E-state index in [0.29, 0.717) is 0 Å². The molecule has 2 aromatic rings. The predicted molar refractivity (Wildman–Crippen MR) is 57.2 cm³/mol. The van der Waals surface area contributed by atoms with Crippen molar-refractivity contribution in [1.82, 2.24) is 9.78 Å². The van der Waals surface area contributed by atoms with Crippen LogP contribution in [0, 0.1) is 5.82 Å². The Kier molecular flexibility index (Phi) is 2.55. The van der Waals surface area contributed by atoms with Gasteiger partial charge in [0.2, 0.25) is 0 Å². The third kappa shape index (κ3) is 1.84. The molecule has 0 unspecified atom stereocenters. The summed E-state index contributed by atoms with van der Waals surface area (Å²) in [5, 5.41) is 21.8. The van der Waals surface area contributed by atoms with Crippen molar-refractivity contribution in [3.63, 3.8) is 0 Å². The molecule has 1 heterocycles. The predicted octanol–water partition coefficient (Wildman–Crippen LogP) is 1.63. The second-order valence-corrected chi connectivity index (χ2v) is 3.50. The fraction of sp³-hybridized carbons (Fsp3) is 0.0909. The van der Waals surface area contributed by atoms with Crippen LogP contribution in [0.2, 0.25) is 0 Å². The zero-order valence-electron chi connectivity index (χ0n) is 8.88. The first-order valence-corrected chi connectivity index (χ1v) is 4.75. The number of halogens is 1. The second kappa shape index (κ2) is 3.89. The number of aromatic carboxylic acids is 1. The van der Waals surface area contributed by atoms with Crippen LogP contribution in [0.3, 0.4) is 0 Å². The lowest BCUT2D eigenvalue weighted by molar-refractivity contribution is 0.0697. The molecular weight excluding hydrogens is 227 g/mol. The van der Waals surface area contributed by atoms with Crippen molar-refractivity contribution < 1.29 is 19.4 Å². The van der Waals surface area contributed by atoms with E-state index >= 15 is 0 Å². The number of aryl methyl sites for hydroxylation is 1. The number of rotatable bonds is 2. The molecule has 0 aliphatic carbocycles. The fourth-order valence-corrected chi connectivity index (χ4v) is 1.61. The molecule has 2 rings (SSSR count). The van der Waals surface area contributed by atoms with Gasteiger partial charge in [-0.15, -0.1) is 0 Å². The standard InChI is InChI=1S/C11H9FN2O3/c1-14-10(8(5-13-14)11(16)17)7-3-2-6(15)4-9(7)12/h2-5,15H,1H3,(H,16,17). The van der Waals surface area contributed by atoms with Crippen LogP contribution in [0.4, 0.5) is 4.39 Å². The molecule has 5 nitrogen and oxygen atoms in total. The molecule has 0 atom stereocenters. The van der Waals surface area contributed by atoms with E-state index in [9.17, 15) is 9.18 Å². The quantitative estimate of drug-likeness (QED) is 0.830. The number of carboxylic acids is 1. The van der Waals surface area contributed by atoms with Crippen LogP contribution in [0.25, 0.3) is 11.3 Å². The van der Waals surface area contributed by atoms with Crippen molar-refractivity contribution in [1.29, 1.82) is 0 Å². The Hall–Kier alpha value is -2.37. The number of nitrogens with zero attached hydrogens (tertiary/aromatic N) is 2. The number of hydrogen-bond donors (Lipinski definition) is 2. The molecule has 0 fully saturated rings. The molecule has 6 heteroatoms. The first-order chi connectivity index (χ1) is 8.00. The van der Waals surface area contributed by atoms with Crippen LogP contribution < -0.4 is 0 Å². The van der Waals surface area contributed by atoms with Gasteiger partial charge < -0.3 is 10.2 Å². The molecule has 0 saturated heterocycles. The molecule has 2 N–H and O–H groups in total. The molecule has 0 amide bonds. The maximum absolute atomic E-state index is 13.6. The Morgan fingerprint density at radius 3 is 2.76 bits per heavy atom. The van der Waals surface area contributed by atoms with Crippen molar-refractivity contribution >= 4 is 5.97 Å². The number of carbonyl (C=O) groups is 1. The molecule has 0 bridgehead atoms. The van der Waals surface area contributed by atoms with Gasteiger partial charge in [-0.3, -0.25) is 4.68 Å². The van der Waals surface area contributed by atoms with E-state index < -0.39 is 11.8 Å². The van der Waals surface area contributed by atoms with Gasteiger partial charge in [0.1, 0.15) is 17.1 Å². The summed E-state index contributed by atoms with van der Waals surface area (Å²) in [5.41, 5.74) is 0.160. The van der Waals surface area contributed by atoms with Crippen molar-refractivity contribution in [2.45, 2.75) is 0 Å². The summed E-state index contributed by atoms with van der Waals surface area (Å²) in [6.45, 7) is 0. The number of benzene rings is 1. The largest absolute Gasteiger partial charge is 0.508 e. The van der Waals surface area contributed by atoms with Crippen molar-refractivity contribution in [2.75, 3.05) is 0 Å². The molecule has 0 spiro atoms. The lowest BCUT2D eigenvalue weighted by atomic mass is 10.1. The van der Waals surface area contributed by atoms with Crippen LogP contribution in [-0.4, -0.2) is 26.0 Å². The van der Waals surface area contributed by atoms with E-state index in [1.54, 1.807) is 0 Å². The van der Waals surface area contributed by atoms with Gasteiger partial charge in [0.25, 0.3) is 0 Å². The Morgan fingerprint density at radius 2 is 2.18 bits per heavy atom. The van der Waals surface area contributed by atoms with Crippen LogP contribution in [0.5, 0.6) is 5.75 Å². The van der Waals surface area contributed by atoms with Crippen molar-refractivity contribution in [3.05, 3.63) is 35.8 Å². The van der Waals surface area contributed by atoms with Crippen molar-refractivity contribution in [2.24, 2.45) is 7.05 Å². The molecule has 1 aromatic heterocycles. The Balaban J connectivity index is 2.67. The fourth-order valence-electron chi connectivity index (χ4n) is 1.61. The number of aromatic nitrogens is 2. The van der Waals surface area contributed by atoms with Gasteiger partial charge in [-0.25, -0.2) is 9.18 Å². The van der Waals surface area contributed by atoms with E-state index in [0.717, 1.165) is 12.3 Å². The van der Waals surface area contributed by atoms with Crippen LogP contribution in [0.15, 0.2) is 24.4 Å². The van der Waals surface area contributed by atoms with Crippen LogP contribution >= 0.6 is 0 Å². The summed E-state index contributed by atoms with van der Waals surface area (Å²) in [4.78, 5) is 11.0. The first kappa shape index (κ1) is 11.1. The summed E-state index contributed by atoms with van der Waals surface area (Å²) < 4.78 is 14.9. The number of carboxylic acid groups (broad SMARTS) is 1. The minimum Gasteiger partial charge on any atom is -0.508 e. The first-order valence-electron chi connectivity index (χ1n) is 4.75. The number of hydrogen-bond acceptors (Lipinski definition) is 3. The minimum atomic E-state index is -1.18. The monoisotopic (exact) mass is 236 g/mol. The zero-order chi connectivity index (χ0) is 12.6. The third-order valence-corrected chi connectivity index (χ3v) is 2.38. The average molecular weight is 236 g/mol. The third-order valence-electron chi connectivity index (χ3n) is 2.38. The van der Waals surface area contributed by atoms with Crippen LogP contribution in [-0.2, 0) is 7.05 Å². The molecule has 1 aromatic carbocycles.